The number of nitrogens with zero attached hydrogens (tertiary/aromatic N) is 1. The van der Waals surface area contributed by atoms with E-state index < -0.39 is 127 Å². The molecule has 1 heterocycles. The molecule has 10 amide bonds. The smallest absolute Gasteiger partial charge is 0.243 e. The number of aliphatic hydroxyl groups is 1. The lowest BCUT2D eigenvalue weighted by Gasteiger charge is -2.25. The zero-order chi connectivity index (χ0) is 47.9. The van der Waals surface area contributed by atoms with Crippen LogP contribution in [0.3, 0.4) is 0 Å². The van der Waals surface area contributed by atoms with Gasteiger partial charge in [-0.25, -0.2) is 4.98 Å². The number of unbranched alkanes of at least 4 members (excludes halogenated alkanes) is 1. The van der Waals surface area contributed by atoms with Gasteiger partial charge in [-0.1, -0.05) is 30.3 Å². The Bertz CT molecular complexity index is 1920. The molecule has 0 aliphatic heterocycles. The third kappa shape index (κ3) is 19.0. The molecule has 352 valence electrons. The van der Waals surface area contributed by atoms with Crippen molar-refractivity contribution in [3.05, 3.63) is 54.1 Å². The van der Waals surface area contributed by atoms with E-state index in [1.165, 1.54) is 33.3 Å². The molecule has 2 aromatic rings. The maximum atomic E-state index is 13.6. The number of aromatic nitrogens is 2. The fourth-order valence-electron chi connectivity index (χ4n) is 5.73. The highest BCUT2D eigenvalue weighted by Gasteiger charge is 2.33. The van der Waals surface area contributed by atoms with E-state index >= 15 is 0 Å². The summed E-state index contributed by atoms with van der Waals surface area (Å²) in [5, 5.41) is 28.7. The highest BCUT2D eigenvalue weighted by atomic mass is 16.3. The zero-order valence-electron chi connectivity index (χ0n) is 35.8. The molecular weight excluding hydrogens is 841 g/mol. The summed E-state index contributed by atoms with van der Waals surface area (Å²) in [7, 11) is 0. The quantitative estimate of drug-likeness (QED) is 0.0354. The van der Waals surface area contributed by atoms with E-state index in [1.807, 2.05) is 0 Å². The third-order valence-corrected chi connectivity index (χ3v) is 9.35. The lowest BCUT2D eigenvalue weighted by molar-refractivity contribution is -0.136. The summed E-state index contributed by atoms with van der Waals surface area (Å²) in [6.07, 6.45) is 2.96. The highest BCUT2D eigenvalue weighted by Crippen LogP contribution is 2.06. The molecule has 25 nitrogen and oxygen atoms in total. The summed E-state index contributed by atoms with van der Waals surface area (Å²) in [6, 6.07) is -1.91. The minimum atomic E-state index is -1.68. The van der Waals surface area contributed by atoms with Crippen molar-refractivity contribution in [3.8, 4) is 0 Å². The van der Waals surface area contributed by atoms with Gasteiger partial charge in [0.1, 0.15) is 42.3 Å². The van der Waals surface area contributed by atoms with Gasteiger partial charge in [-0.3, -0.25) is 47.9 Å². The van der Waals surface area contributed by atoms with E-state index in [2.05, 4.69) is 52.5 Å². The number of nitrogens with one attached hydrogen (secondary N) is 9. The van der Waals surface area contributed by atoms with Crippen molar-refractivity contribution in [1.29, 1.82) is 0 Å². The molecule has 0 bridgehead atoms. The molecule has 0 spiro atoms. The Morgan fingerprint density at radius 1 is 0.656 bits per heavy atom. The standard InChI is InChI=1S/C39H60N14O11/c1-20(41)33(58)50-25(11-7-8-12-40)36(61)45-17-31(56)49-26(13-23-9-5-4-6-10-23)37(62)48-21(2)34(59)47-22(3)35(60)51-28(15-30(42)55)39(64)52-27(14-24-16-44-19-46-24)38(63)53-29(18-54)32(43)57/h4-6,9-10,16,19-22,25-29,54H,7-8,11-15,17-18,40-41H2,1-3H3,(H2,42,55)(H2,43,57)(H,44,46)(H,45,61)(H,47,59)(H,48,62)(H,49,56)(H,50,58)(H,51,60)(H,52,64)(H,53,63)/t20-,21-,22-,25-,26-,27-,28-,29-/m0/s1. The Morgan fingerprint density at radius 2 is 1.20 bits per heavy atom. The predicted octanol–water partition coefficient (Wildman–Crippen LogP) is -6.43. The average Bonchev–Trinajstić information content (AvgIpc) is 3.76. The molecule has 0 saturated carbocycles. The van der Waals surface area contributed by atoms with Crippen molar-refractivity contribution in [2.45, 2.75) is 108 Å². The van der Waals surface area contributed by atoms with Crippen molar-refractivity contribution in [1.82, 2.24) is 52.5 Å². The number of primary amides is 2. The first-order valence-electron chi connectivity index (χ1n) is 20.3. The minimum Gasteiger partial charge on any atom is -0.394 e. The van der Waals surface area contributed by atoms with Gasteiger partial charge in [0.25, 0.3) is 0 Å². The van der Waals surface area contributed by atoms with Crippen molar-refractivity contribution in [3.63, 3.8) is 0 Å². The fraction of sp³-hybridized carbons (Fsp3) is 0.513. The number of hydrogen-bond acceptors (Lipinski definition) is 14. The maximum Gasteiger partial charge on any atom is 0.243 e. The average molecular weight is 901 g/mol. The second-order valence-electron chi connectivity index (χ2n) is 14.8. The Morgan fingerprint density at radius 3 is 1.77 bits per heavy atom. The maximum absolute atomic E-state index is 13.6. The molecule has 18 N–H and O–H groups in total. The van der Waals surface area contributed by atoms with Crippen LogP contribution in [0.4, 0.5) is 0 Å². The first kappa shape index (κ1) is 53.1. The number of rotatable bonds is 28. The van der Waals surface area contributed by atoms with Crippen LogP contribution < -0.4 is 65.5 Å². The summed E-state index contributed by atoms with van der Waals surface area (Å²) in [6.45, 7) is 2.94. The van der Waals surface area contributed by atoms with Gasteiger partial charge >= 0.3 is 0 Å². The number of imidazole rings is 1. The van der Waals surface area contributed by atoms with Crippen LogP contribution >= 0.6 is 0 Å². The lowest BCUT2D eigenvalue weighted by Crippen LogP contribution is -2.60. The van der Waals surface area contributed by atoms with Crippen molar-refractivity contribution < 1.29 is 53.1 Å². The topological polar surface area (TPSA) is 420 Å². The molecule has 8 atom stereocenters. The van der Waals surface area contributed by atoms with E-state index in [-0.39, 0.29) is 19.3 Å². The van der Waals surface area contributed by atoms with Gasteiger partial charge in [-0.15, -0.1) is 0 Å². The Hall–Kier alpha value is -6.99. The van der Waals surface area contributed by atoms with Gasteiger partial charge in [0.15, 0.2) is 0 Å². The Balaban J connectivity index is 2.12. The second-order valence-corrected chi connectivity index (χ2v) is 14.8. The number of aliphatic hydroxyl groups excluding tert-OH is 1. The van der Waals surface area contributed by atoms with Crippen molar-refractivity contribution >= 4 is 59.1 Å². The van der Waals surface area contributed by atoms with Gasteiger partial charge in [0, 0.05) is 24.7 Å². The molecule has 1 aromatic heterocycles. The SMILES string of the molecule is C[C@H](N)C(=O)N[C@@H](CCCCN)C(=O)NCC(=O)N[C@@H](Cc1ccccc1)C(=O)N[C@@H](C)C(=O)N[C@@H](C)C(=O)N[C@@H](CC(N)=O)C(=O)N[C@@H](Cc1cnc[nH]1)C(=O)N[C@@H](CO)C(N)=O. The van der Waals surface area contributed by atoms with E-state index in [0.29, 0.717) is 30.6 Å². The highest BCUT2D eigenvalue weighted by molar-refractivity contribution is 5.98. The number of amides is 10. The molecule has 0 saturated heterocycles. The molecular formula is C39H60N14O11. The van der Waals surface area contributed by atoms with Crippen LogP contribution in [-0.4, -0.2) is 142 Å². The number of carbonyl (C=O) groups excluding carboxylic acids is 10. The molecule has 64 heavy (non-hydrogen) atoms. The van der Waals surface area contributed by atoms with Crippen LogP contribution in [0.15, 0.2) is 42.9 Å². The summed E-state index contributed by atoms with van der Waals surface area (Å²) in [5.74, 6) is -8.76. The van der Waals surface area contributed by atoms with Crippen molar-refractivity contribution in [2.24, 2.45) is 22.9 Å². The second kappa shape index (κ2) is 27.2. The van der Waals surface area contributed by atoms with Gasteiger partial charge in [0.2, 0.25) is 59.1 Å². The fourth-order valence-corrected chi connectivity index (χ4v) is 5.73. The van der Waals surface area contributed by atoms with E-state index in [1.54, 1.807) is 30.3 Å². The molecule has 1 aromatic carbocycles. The Kier molecular flexibility index (Phi) is 22.5. The number of carbonyl (C=O) groups is 10. The zero-order valence-corrected chi connectivity index (χ0v) is 35.8. The van der Waals surface area contributed by atoms with Crippen LogP contribution in [0, 0.1) is 0 Å². The van der Waals surface area contributed by atoms with Crippen LogP contribution in [0.2, 0.25) is 0 Å². The number of benzene rings is 1. The van der Waals surface area contributed by atoms with Gasteiger partial charge in [-0.05, 0) is 52.1 Å². The molecule has 0 unspecified atom stereocenters. The van der Waals surface area contributed by atoms with Crippen molar-refractivity contribution in [2.75, 3.05) is 19.7 Å². The first-order valence-corrected chi connectivity index (χ1v) is 20.3. The summed E-state index contributed by atoms with van der Waals surface area (Å²) >= 11 is 0. The number of hydrogen-bond donors (Lipinski definition) is 14. The van der Waals surface area contributed by atoms with E-state index in [9.17, 15) is 53.1 Å². The molecule has 0 fully saturated rings. The number of aromatic amines is 1. The number of H-pyrrole nitrogens is 1. The van der Waals surface area contributed by atoms with Gasteiger partial charge in [-0.2, -0.15) is 0 Å². The normalized spacial score (nSPS) is 14.6. The molecule has 0 aliphatic rings. The van der Waals surface area contributed by atoms with Crippen LogP contribution in [0.25, 0.3) is 0 Å². The molecule has 25 heteroatoms. The minimum absolute atomic E-state index is 0.0352. The largest absolute Gasteiger partial charge is 0.394 e. The van der Waals surface area contributed by atoms with Crippen LogP contribution in [0.5, 0.6) is 0 Å². The van der Waals surface area contributed by atoms with Gasteiger partial charge in [0.05, 0.1) is 31.9 Å². The lowest BCUT2D eigenvalue weighted by atomic mass is 10.0. The van der Waals surface area contributed by atoms with Crippen LogP contribution in [-0.2, 0) is 60.8 Å². The van der Waals surface area contributed by atoms with E-state index in [0.717, 1.165) is 0 Å². The van der Waals surface area contributed by atoms with Gasteiger partial charge < -0.3 is 75.6 Å². The molecule has 2 rings (SSSR count). The predicted molar refractivity (Wildman–Crippen MR) is 227 cm³/mol. The summed E-state index contributed by atoms with van der Waals surface area (Å²) < 4.78 is 0. The Labute approximate surface area is 368 Å². The third-order valence-electron chi connectivity index (χ3n) is 9.35. The number of nitrogens with two attached hydrogens (primary N) is 4. The first-order chi connectivity index (χ1) is 30.2. The van der Waals surface area contributed by atoms with E-state index in [4.69, 9.17) is 22.9 Å². The molecule has 0 aliphatic carbocycles. The molecule has 0 radical (unpaired) electrons. The summed E-state index contributed by atoms with van der Waals surface area (Å²) in [4.78, 5) is 135. The van der Waals surface area contributed by atoms with Crippen LogP contribution in [0.1, 0.15) is 57.7 Å². The monoisotopic (exact) mass is 900 g/mol. The summed E-state index contributed by atoms with van der Waals surface area (Å²) in [5.41, 5.74) is 22.7.